The minimum Gasteiger partial charge on any atom is -0.363 e. The zero-order valence-corrected chi connectivity index (χ0v) is 11.4. The number of nitrogens with zero attached hydrogens (tertiary/aromatic N) is 3. The van der Waals surface area contributed by atoms with Crippen LogP contribution in [0.15, 0.2) is 12.3 Å². The highest BCUT2D eigenvalue weighted by molar-refractivity contribution is 5.59. The van der Waals surface area contributed by atoms with Crippen LogP contribution in [0.4, 0.5) is 11.5 Å². The Balaban J connectivity index is 2.07. The largest absolute Gasteiger partial charge is 0.363 e. The van der Waals surface area contributed by atoms with Crippen LogP contribution in [0.2, 0.25) is 0 Å². The van der Waals surface area contributed by atoms with Crippen molar-refractivity contribution < 1.29 is 4.92 Å². The molecule has 1 fully saturated rings. The van der Waals surface area contributed by atoms with Crippen molar-refractivity contribution in [2.24, 2.45) is 0 Å². The van der Waals surface area contributed by atoms with Gasteiger partial charge in [0.05, 0.1) is 4.92 Å². The summed E-state index contributed by atoms with van der Waals surface area (Å²) in [6.07, 6.45) is 3.95. The molecule has 2 heterocycles. The van der Waals surface area contributed by atoms with Crippen molar-refractivity contribution in [2.75, 3.05) is 25.0 Å². The molecule has 2 rings (SSSR count). The molecule has 0 aliphatic carbocycles. The van der Waals surface area contributed by atoms with Gasteiger partial charge in [0.25, 0.3) is 0 Å². The molecule has 0 spiro atoms. The van der Waals surface area contributed by atoms with Crippen LogP contribution < -0.4 is 5.32 Å². The highest BCUT2D eigenvalue weighted by atomic mass is 16.6. The fraction of sp³-hybridized carbons (Fsp3) is 0.615. The molecule has 0 amide bonds. The molecule has 1 aliphatic rings. The Kier molecular flexibility index (Phi) is 4.31. The van der Waals surface area contributed by atoms with Gasteiger partial charge in [-0.1, -0.05) is 6.92 Å². The van der Waals surface area contributed by atoms with Gasteiger partial charge in [-0.05, 0) is 38.9 Å². The first-order chi connectivity index (χ1) is 9.13. The van der Waals surface area contributed by atoms with E-state index in [4.69, 9.17) is 0 Å². The minimum atomic E-state index is -0.364. The van der Waals surface area contributed by atoms with Crippen LogP contribution in [0.1, 0.15) is 25.3 Å². The number of pyridine rings is 1. The van der Waals surface area contributed by atoms with Gasteiger partial charge in [0.2, 0.25) is 5.82 Å². The molecule has 6 heteroatoms. The molecular weight excluding hydrogens is 244 g/mol. The molecule has 1 aromatic rings. The van der Waals surface area contributed by atoms with E-state index in [0.717, 1.165) is 19.5 Å². The van der Waals surface area contributed by atoms with E-state index in [2.05, 4.69) is 22.1 Å². The lowest BCUT2D eigenvalue weighted by Gasteiger charge is -2.23. The monoisotopic (exact) mass is 264 g/mol. The van der Waals surface area contributed by atoms with Crippen LogP contribution in [0.3, 0.4) is 0 Å². The topological polar surface area (TPSA) is 71.3 Å². The van der Waals surface area contributed by atoms with E-state index in [0.29, 0.717) is 24.0 Å². The number of aromatic nitrogens is 1. The summed E-state index contributed by atoms with van der Waals surface area (Å²) in [5, 5.41) is 14.2. The van der Waals surface area contributed by atoms with Gasteiger partial charge in [-0.15, -0.1) is 0 Å². The normalized spacial score (nSPS) is 19.6. The molecule has 104 valence electrons. The van der Waals surface area contributed by atoms with Gasteiger partial charge >= 0.3 is 5.69 Å². The predicted octanol–water partition coefficient (Wildman–Crippen LogP) is 2.19. The Morgan fingerprint density at radius 2 is 2.42 bits per heavy atom. The molecule has 1 N–H and O–H groups in total. The number of likely N-dealkylation sites (tertiary alicyclic amines) is 1. The van der Waals surface area contributed by atoms with Gasteiger partial charge in [0, 0.05) is 24.3 Å². The van der Waals surface area contributed by atoms with Gasteiger partial charge in [-0.3, -0.25) is 15.0 Å². The second-order valence-corrected chi connectivity index (χ2v) is 4.89. The van der Waals surface area contributed by atoms with E-state index >= 15 is 0 Å². The summed E-state index contributed by atoms with van der Waals surface area (Å²) in [5.74, 6) is 0.382. The summed E-state index contributed by atoms with van der Waals surface area (Å²) < 4.78 is 0. The fourth-order valence-electron chi connectivity index (χ4n) is 2.67. The van der Waals surface area contributed by atoms with E-state index in [1.165, 1.54) is 6.42 Å². The maximum atomic E-state index is 11.1. The van der Waals surface area contributed by atoms with Crippen LogP contribution >= 0.6 is 0 Å². The SMILES string of the molecule is CCN1CCCC1CNc1nccc(C)c1[N+](=O)[O-]. The van der Waals surface area contributed by atoms with Crippen LogP contribution in [0.25, 0.3) is 0 Å². The van der Waals surface area contributed by atoms with Crippen LogP contribution in [0.5, 0.6) is 0 Å². The van der Waals surface area contributed by atoms with Gasteiger partial charge in [-0.25, -0.2) is 4.98 Å². The average molecular weight is 264 g/mol. The Morgan fingerprint density at radius 3 is 3.11 bits per heavy atom. The summed E-state index contributed by atoms with van der Waals surface area (Å²) in [5.41, 5.74) is 0.727. The van der Waals surface area contributed by atoms with E-state index < -0.39 is 0 Å². The number of rotatable bonds is 5. The number of nitro groups is 1. The van der Waals surface area contributed by atoms with Crippen LogP contribution in [0, 0.1) is 17.0 Å². The number of aryl methyl sites for hydroxylation is 1. The standard InChI is InChI=1S/C13H20N4O2/c1-3-16-8-4-5-11(16)9-15-13-12(17(18)19)10(2)6-7-14-13/h6-7,11H,3-5,8-9H2,1-2H3,(H,14,15). The second kappa shape index (κ2) is 5.97. The summed E-state index contributed by atoms with van der Waals surface area (Å²) >= 11 is 0. The van der Waals surface area contributed by atoms with Crippen molar-refractivity contribution >= 4 is 11.5 Å². The zero-order chi connectivity index (χ0) is 13.8. The Morgan fingerprint density at radius 1 is 1.63 bits per heavy atom. The van der Waals surface area contributed by atoms with Gasteiger partial charge < -0.3 is 5.32 Å². The molecule has 1 aromatic heterocycles. The van der Waals surface area contributed by atoms with Gasteiger partial charge in [0.1, 0.15) is 0 Å². The summed E-state index contributed by atoms with van der Waals surface area (Å²) in [6, 6.07) is 2.11. The molecule has 1 aliphatic heterocycles. The first-order valence-electron chi connectivity index (χ1n) is 6.71. The third kappa shape index (κ3) is 3.01. The molecule has 1 unspecified atom stereocenters. The van der Waals surface area contributed by atoms with Crippen molar-refractivity contribution in [3.05, 3.63) is 27.9 Å². The summed E-state index contributed by atoms with van der Waals surface area (Å²) in [6.45, 7) is 6.73. The molecule has 19 heavy (non-hydrogen) atoms. The van der Waals surface area contributed by atoms with Crippen molar-refractivity contribution in [2.45, 2.75) is 32.7 Å². The van der Waals surface area contributed by atoms with E-state index in [9.17, 15) is 10.1 Å². The maximum Gasteiger partial charge on any atom is 0.314 e. The summed E-state index contributed by atoms with van der Waals surface area (Å²) in [7, 11) is 0. The van der Waals surface area contributed by atoms with Crippen molar-refractivity contribution in [1.29, 1.82) is 0 Å². The lowest BCUT2D eigenvalue weighted by atomic mass is 10.2. The molecule has 0 aromatic carbocycles. The molecule has 0 bridgehead atoms. The fourth-order valence-corrected chi connectivity index (χ4v) is 2.67. The number of likely N-dealkylation sites (N-methyl/N-ethyl adjacent to an activating group) is 1. The maximum absolute atomic E-state index is 11.1. The lowest BCUT2D eigenvalue weighted by molar-refractivity contribution is -0.384. The van der Waals surface area contributed by atoms with Crippen molar-refractivity contribution in [1.82, 2.24) is 9.88 Å². The van der Waals surface area contributed by atoms with E-state index in [-0.39, 0.29) is 10.6 Å². The molecule has 0 radical (unpaired) electrons. The summed E-state index contributed by atoms with van der Waals surface area (Å²) in [4.78, 5) is 17.2. The number of nitrogens with one attached hydrogen (secondary N) is 1. The minimum absolute atomic E-state index is 0.0866. The van der Waals surface area contributed by atoms with E-state index in [1.54, 1.807) is 19.2 Å². The van der Waals surface area contributed by atoms with Gasteiger partial charge in [0.15, 0.2) is 0 Å². The van der Waals surface area contributed by atoms with Gasteiger partial charge in [-0.2, -0.15) is 0 Å². The van der Waals surface area contributed by atoms with Crippen LogP contribution in [-0.4, -0.2) is 40.5 Å². The van der Waals surface area contributed by atoms with Crippen molar-refractivity contribution in [3.63, 3.8) is 0 Å². The highest BCUT2D eigenvalue weighted by Gasteiger charge is 2.24. The van der Waals surface area contributed by atoms with Crippen molar-refractivity contribution in [3.8, 4) is 0 Å². The lowest BCUT2D eigenvalue weighted by Crippen LogP contribution is -2.34. The molecule has 1 saturated heterocycles. The quantitative estimate of drug-likeness (QED) is 0.652. The first-order valence-corrected chi connectivity index (χ1v) is 6.71. The second-order valence-electron chi connectivity index (χ2n) is 4.89. The number of hydrogen-bond donors (Lipinski definition) is 1. The molecule has 1 atom stereocenters. The predicted molar refractivity (Wildman–Crippen MR) is 74.4 cm³/mol. The molecular formula is C13H20N4O2. The number of hydrogen-bond acceptors (Lipinski definition) is 5. The third-order valence-corrected chi connectivity index (χ3v) is 3.72. The number of anilines is 1. The smallest absolute Gasteiger partial charge is 0.314 e. The first kappa shape index (κ1) is 13.7. The third-order valence-electron chi connectivity index (χ3n) is 3.72. The van der Waals surface area contributed by atoms with Crippen LogP contribution in [-0.2, 0) is 0 Å². The Bertz CT molecular complexity index is 464. The highest BCUT2D eigenvalue weighted by Crippen LogP contribution is 2.26. The Labute approximate surface area is 113 Å². The molecule has 6 nitrogen and oxygen atoms in total. The molecule has 0 saturated carbocycles. The average Bonchev–Trinajstić information content (AvgIpc) is 2.83. The zero-order valence-electron chi connectivity index (χ0n) is 11.4. The van der Waals surface area contributed by atoms with E-state index in [1.807, 2.05) is 0 Å². The Hall–Kier alpha value is -1.69.